The Labute approximate surface area is 141 Å². The largest absolute Gasteiger partial charge is 0.481 e. The predicted octanol–water partition coefficient (Wildman–Crippen LogP) is 3.99. The van der Waals surface area contributed by atoms with Crippen molar-refractivity contribution in [2.75, 3.05) is 4.90 Å². The summed E-state index contributed by atoms with van der Waals surface area (Å²) in [6.45, 7) is 4.34. The lowest BCUT2D eigenvalue weighted by Crippen LogP contribution is -2.23. The van der Waals surface area contributed by atoms with Crippen LogP contribution >= 0.6 is 0 Å². The molecule has 1 unspecified atom stereocenters. The lowest BCUT2D eigenvalue weighted by atomic mass is 10.00. The Morgan fingerprint density at radius 3 is 2.54 bits per heavy atom. The monoisotopic (exact) mass is 323 g/mol. The van der Waals surface area contributed by atoms with Crippen LogP contribution in [0.15, 0.2) is 42.5 Å². The van der Waals surface area contributed by atoms with Crippen LogP contribution in [0.5, 0.6) is 0 Å². The third-order valence-electron chi connectivity index (χ3n) is 4.62. The number of aliphatic carboxylic acids is 1. The molecule has 3 rings (SSSR count). The van der Waals surface area contributed by atoms with E-state index in [2.05, 4.69) is 6.92 Å². The zero-order chi connectivity index (χ0) is 17.3. The highest BCUT2D eigenvalue weighted by Gasteiger charge is 2.30. The predicted molar refractivity (Wildman–Crippen MR) is 93.4 cm³/mol. The zero-order valence-corrected chi connectivity index (χ0v) is 14.0. The van der Waals surface area contributed by atoms with Gasteiger partial charge in [-0.2, -0.15) is 0 Å². The van der Waals surface area contributed by atoms with Crippen LogP contribution in [-0.2, 0) is 17.8 Å². The normalized spacial score (nSPS) is 14.6. The van der Waals surface area contributed by atoms with Crippen LogP contribution in [0.4, 0.5) is 5.69 Å². The van der Waals surface area contributed by atoms with Crippen LogP contribution in [0.25, 0.3) is 0 Å². The molecular formula is C20H21NO3. The number of aryl methyl sites for hydroxylation is 1. The second kappa shape index (κ2) is 6.48. The number of anilines is 1. The summed E-state index contributed by atoms with van der Waals surface area (Å²) in [5.41, 5.74) is 4.55. The molecule has 0 fully saturated rings. The summed E-state index contributed by atoms with van der Waals surface area (Å²) >= 11 is 0. The standard InChI is InChI=1S/C20H21NO3/c1-3-5-15-6-4-7-16-12-21(19(22)18(15)16)17-10-8-14(9-11-17)13(2)20(23)24/h4,6-11,13H,3,5,12H2,1-2H3,(H,23,24). The number of hydrogen-bond acceptors (Lipinski definition) is 2. The number of benzene rings is 2. The van der Waals surface area contributed by atoms with Crippen LogP contribution in [-0.4, -0.2) is 17.0 Å². The first kappa shape index (κ1) is 16.2. The van der Waals surface area contributed by atoms with Crippen molar-refractivity contribution >= 4 is 17.6 Å². The highest BCUT2D eigenvalue weighted by molar-refractivity contribution is 6.11. The molecule has 1 N–H and O–H groups in total. The van der Waals surface area contributed by atoms with Crippen molar-refractivity contribution in [3.05, 3.63) is 64.7 Å². The molecular weight excluding hydrogens is 302 g/mol. The van der Waals surface area contributed by atoms with Gasteiger partial charge in [0.05, 0.1) is 12.5 Å². The SMILES string of the molecule is CCCc1cccc2c1C(=O)N(c1ccc(C(C)C(=O)O)cc1)C2. The molecule has 0 radical (unpaired) electrons. The molecule has 0 spiro atoms. The molecule has 4 heteroatoms. The van der Waals surface area contributed by atoms with Gasteiger partial charge in [0.1, 0.15) is 0 Å². The van der Waals surface area contributed by atoms with E-state index >= 15 is 0 Å². The fourth-order valence-electron chi connectivity index (χ4n) is 3.21. The molecule has 24 heavy (non-hydrogen) atoms. The zero-order valence-electron chi connectivity index (χ0n) is 14.0. The first-order valence-electron chi connectivity index (χ1n) is 8.28. The number of fused-ring (bicyclic) bond motifs is 1. The van der Waals surface area contributed by atoms with Gasteiger partial charge in [-0.3, -0.25) is 9.59 Å². The van der Waals surface area contributed by atoms with Crippen LogP contribution in [0.2, 0.25) is 0 Å². The van der Waals surface area contributed by atoms with Crippen molar-refractivity contribution < 1.29 is 14.7 Å². The van der Waals surface area contributed by atoms with Crippen molar-refractivity contribution in [1.82, 2.24) is 0 Å². The first-order chi connectivity index (χ1) is 11.5. The van der Waals surface area contributed by atoms with E-state index in [1.165, 1.54) is 0 Å². The van der Waals surface area contributed by atoms with Crippen molar-refractivity contribution in [3.63, 3.8) is 0 Å². The molecule has 1 aliphatic heterocycles. The van der Waals surface area contributed by atoms with E-state index in [1.807, 2.05) is 30.3 Å². The highest BCUT2D eigenvalue weighted by Crippen LogP contribution is 2.31. The van der Waals surface area contributed by atoms with Crippen molar-refractivity contribution in [2.24, 2.45) is 0 Å². The van der Waals surface area contributed by atoms with Crippen LogP contribution in [0.3, 0.4) is 0 Å². The van der Waals surface area contributed by atoms with Gasteiger partial charge < -0.3 is 10.0 Å². The molecule has 4 nitrogen and oxygen atoms in total. The summed E-state index contributed by atoms with van der Waals surface area (Å²) in [4.78, 5) is 25.7. The third kappa shape index (κ3) is 2.80. The summed E-state index contributed by atoms with van der Waals surface area (Å²) in [5.74, 6) is -1.37. The van der Waals surface area contributed by atoms with E-state index in [-0.39, 0.29) is 5.91 Å². The fraction of sp³-hybridized carbons (Fsp3) is 0.300. The molecule has 1 atom stereocenters. The average Bonchev–Trinajstić information content (AvgIpc) is 2.92. The molecule has 0 saturated heterocycles. The van der Waals surface area contributed by atoms with Gasteiger partial charge in [0.25, 0.3) is 5.91 Å². The minimum absolute atomic E-state index is 0.0353. The Morgan fingerprint density at radius 1 is 1.21 bits per heavy atom. The number of rotatable bonds is 5. The van der Waals surface area contributed by atoms with E-state index in [1.54, 1.807) is 24.0 Å². The number of carboxylic acid groups (broad SMARTS) is 1. The van der Waals surface area contributed by atoms with Crippen molar-refractivity contribution in [2.45, 2.75) is 39.2 Å². The second-order valence-electron chi connectivity index (χ2n) is 6.24. The van der Waals surface area contributed by atoms with E-state index in [4.69, 9.17) is 5.11 Å². The number of nitrogens with zero attached hydrogens (tertiary/aromatic N) is 1. The molecule has 0 aromatic heterocycles. The Hall–Kier alpha value is -2.62. The maximum absolute atomic E-state index is 12.9. The number of carboxylic acids is 1. The van der Waals surface area contributed by atoms with E-state index in [0.717, 1.165) is 40.8 Å². The Kier molecular flexibility index (Phi) is 4.38. The van der Waals surface area contributed by atoms with Gasteiger partial charge in [-0.15, -0.1) is 0 Å². The number of carbonyl (C=O) groups is 2. The summed E-state index contributed by atoms with van der Waals surface area (Å²) < 4.78 is 0. The molecule has 2 aromatic carbocycles. The van der Waals surface area contributed by atoms with Crippen LogP contribution in [0, 0.1) is 0 Å². The maximum Gasteiger partial charge on any atom is 0.310 e. The summed E-state index contributed by atoms with van der Waals surface area (Å²) in [7, 11) is 0. The number of carbonyl (C=O) groups excluding carboxylic acids is 1. The van der Waals surface area contributed by atoms with Crippen LogP contribution in [0.1, 0.15) is 53.2 Å². The molecule has 2 aromatic rings. The number of hydrogen-bond donors (Lipinski definition) is 1. The average molecular weight is 323 g/mol. The Morgan fingerprint density at radius 2 is 1.92 bits per heavy atom. The van der Waals surface area contributed by atoms with Gasteiger partial charge in [-0.25, -0.2) is 0 Å². The molecule has 1 heterocycles. The minimum Gasteiger partial charge on any atom is -0.481 e. The molecule has 1 amide bonds. The number of amides is 1. The summed E-state index contributed by atoms with van der Waals surface area (Å²) in [6, 6.07) is 13.3. The second-order valence-corrected chi connectivity index (χ2v) is 6.24. The summed E-state index contributed by atoms with van der Waals surface area (Å²) in [6.07, 6.45) is 1.91. The quantitative estimate of drug-likeness (QED) is 0.905. The highest BCUT2D eigenvalue weighted by atomic mass is 16.4. The van der Waals surface area contributed by atoms with Gasteiger partial charge in [-0.05, 0) is 42.2 Å². The van der Waals surface area contributed by atoms with Crippen molar-refractivity contribution in [3.8, 4) is 0 Å². The van der Waals surface area contributed by atoms with E-state index in [9.17, 15) is 9.59 Å². The fourth-order valence-corrected chi connectivity index (χ4v) is 3.21. The topological polar surface area (TPSA) is 57.6 Å². The van der Waals surface area contributed by atoms with Gasteiger partial charge in [0.2, 0.25) is 0 Å². The maximum atomic E-state index is 12.9. The lowest BCUT2D eigenvalue weighted by molar-refractivity contribution is -0.138. The lowest BCUT2D eigenvalue weighted by Gasteiger charge is -2.17. The minimum atomic E-state index is -0.850. The van der Waals surface area contributed by atoms with Gasteiger partial charge >= 0.3 is 5.97 Å². The van der Waals surface area contributed by atoms with Gasteiger partial charge in [0, 0.05) is 11.3 Å². The molecule has 0 bridgehead atoms. The van der Waals surface area contributed by atoms with Crippen LogP contribution < -0.4 is 4.90 Å². The van der Waals surface area contributed by atoms with Gasteiger partial charge in [-0.1, -0.05) is 43.7 Å². The smallest absolute Gasteiger partial charge is 0.310 e. The summed E-state index contributed by atoms with van der Waals surface area (Å²) in [5, 5.41) is 9.09. The molecule has 0 saturated carbocycles. The van der Waals surface area contributed by atoms with E-state index in [0.29, 0.717) is 6.54 Å². The van der Waals surface area contributed by atoms with Gasteiger partial charge in [0.15, 0.2) is 0 Å². The third-order valence-corrected chi connectivity index (χ3v) is 4.62. The molecule has 1 aliphatic rings. The Balaban J connectivity index is 1.88. The molecule has 124 valence electrons. The van der Waals surface area contributed by atoms with E-state index < -0.39 is 11.9 Å². The first-order valence-corrected chi connectivity index (χ1v) is 8.28. The van der Waals surface area contributed by atoms with Crippen molar-refractivity contribution in [1.29, 1.82) is 0 Å². The molecule has 0 aliphatic carbocycles. The Bertz CT molecular complexity index is 780.